The normalized spacial score (nSPS) is 21.9. The molecule has 0 saturated carbocycles. The Kier molecular flexibility index (Phi) is 2.25. The molecule has 0 unspecified atom stereocenters. The fourth-order valence-electron chi connectivity index (χ4n) is 2.44. The zero-order valence-corrected chi connectivity index (χ0v) is 9.40. The summed E-state index contributed by atoms with van der Waals surface area (Å²) in [4.78, 5) is 9.93. The maximum absolute atomic E-state index is 5.94. The molecular weight excluding hydrogens is 197 g/mol. The summed E-state index contributed by atoms with van der Waals surface area (Å²) in [5, 5.41) is 0. The number of hydrogen-bond acceptors (Lipinski definition) is 2. The van der Waals surface area contributed by atoms with E-state index in [0.717, 1.165) is 36.2 Å². The lowest BCUT2D eigenvalue weighted by Gasteiger charge is -2.16. The van der Waals surface area contributed by atoms with Crippen molar-refractivity contribution in [1.29, 1.82) is 0 Å². The van der Waals surface area contributed by atoms with Crippen molar-refractivity contribution in [1.82, 2.24) is 14.8 Å². The van der Waals surface area contributed by atoms with Crippen LogP contribution in [0, 0.1) is 6.92 Å². The molecule has 4 heteroatoms. The van der Waals surface area contributed by atoms with Gasteiger partial charge in [0.25, 0.3) is 0 Å². The first kappa shape index (κ1) is 9.91. The second kappa shape index (κ2) is 3.63. The molecule has 3 rings (SSSR count). The number of imidazole rings is 1. The van der Waals surface area contributed by atoms with Crippen molar-refractivity contribution in [3.8, 4) is 0 Å². The third kappa shape index (κ3) is 1.45. The molecular formula is C12H14BN3. The van der Waals surface area contributed by atoms with Crippen molar-refractivity contribution in [3.05, 3.63) is 29.6 Å². The largest absolute Gasteiger partial charge is 0.345 e. The van der Waals surface area contributed by atoms with E-state index in [-0.39, 0.29) is 6.04 Å². The van der Waals surface area contributed by atoms with Crippen LogP contribution in [0.2, 0.25) is 0 Å². The Bertz CT molecular complexity index is 520. The molecule has 3 nitrogen and oxygen atoms in total. The third-order valence-corrected chi connectivity index (χ3v) is 3.34. The van der Waals surface area contributed by atoms with E-state index in [1.54, 1.807) is 0 Å². The molecule has 0 bridgehead atoms. The maximum atomic E-state index is 5.94. The Morgan fingerprint density at radius 3 is 3.06 bits per heavy atom. The van der Waals surface area contributed by atoms with Crippen LogP contribution in [-0.2, 0) is 0 Å². The Labute approximate surface area is 96.3 Å². The van der Waals surface area contributed by atoms with Gasteiger partial charge in [-0.05, 0) is 37.9 Å². The van der Waals surface area contributed by atoms with Crippen LogP contribution < -0.4 is 0 Å². The number of nitrogens with zero attached hydrogens (tertiary/aromatic N) is 2. The Hall–Kier alpha value is -1.29. The van der Waals surface area contributed by atoms with Gasteiger partial charge in [-0.15, -0.1) is 0 Å². The monoisotopic (exact) mass is 211 g/mol. The molecule has 1 aliphatic heterocycles. The average molecular weight is 211 g/mol. The van der Waals surface area contributed by atoms with Gasteiger partial charge in [0.05, 0.1) is 17.1 Å². The molecule has 1 atom stereocenters. The first-order valence-corrected chi connectivity index (χ1v) is 5.72. The highest BCUT2D eigenvalue weighted by Gasteiger charge is 2.24. The van der Waals surface area contributed by atoms with E-state index in [1.807, 2.05) is 4.81 Å². The number of H-pyrrole nitrogens is 1. The molecule has 80 valence electrons. The lowest BCUT2D eigenvalue weighted by molar-refractivity contribution is 0.419. The van der Waals surface area contributed by atoms with Crippen molar-refractivity contribution < 1.29 is 0 Å². The smallest absolute Gasteiger partial charge is 0.183 e. The highest BCUT2D eigenvalue weighted by atomic mass is 15.1. The molecule has 2 heterocycles. The van der Waals surface area contributed by atoms with Crippen molar-refractivity contribution in [2.24, 2.45) is 0 Å². The number of rotatable bonds is 1. The van der Waals surface area contributed by atoms with Crippen LogP contribution in [0.5, 0.6) is 0 Å². The molecule has 1 saturated heterocycles. The molecule has 0 aliphatic carbocycles. The Balaban J connectivity index is 2.08. The van der Waals surface area contributed by atoms with Crippen LogP contribution in [0.4, 0.5) is 0 Å². The van der Waals surface area contributed by atoms with Crippen molar-refractivity contribution >= 4 is 19.0 Å². The predicted octanol–water partition coefficient (Wildman–Crippen LogP) is 2.09. The summed E-state index contributed by atoms with van der Waals surface area (Å²) in [6, 6.07) is 6.46. The van der Waals surface area contributed by atoms with E-state index in [2.05, 4.69) is 35.1 Å². The maximum Gasteiger partial charge on any atom is 0.183 e. The van der Waals surface area contributed by atoms with Crippen LogP contribution in [0.15, 0.2) is 18.2 Å². The lowest BCUT2D eigenvalue weighted by atomic mass is 10.2. The Morgan fingerprint density at radius 1 is 1.50 bits per heavy atom. The number of benzene rings is 1. The molecule has 2 radical (unpaired) electrons. The number of para-hydroxylation sites is 1. The van der Waals surface area contributed by atoms with Gasteiger partial charge in [0.2, 0.25) is 0 Å². The highest BCUT2D eigenvalue weighted by molar-refractivity contribution is 6.04. The fraction of sp³-hybridized carbons (Fsp3) is 0.417. The minimum Gasteiger partial charge on any atom is -0.345 e. The highest BCUT2D eigenvalue weighted by Crippen LogP contribution is 2.29. The molecule has 1 aromatic heterocycles. The molecule has 1 aliphatic rings. The topological polar surface area (TPSA) is 31.9 Å². The molecule has 1 N–H and O–H groups in total. The molecule has 1 fully saturated rings. The predicted molar refractivity (Wildman–Crippen MR) is 65.3 cm³/mol. The molecule has 0 amide bonds. The summed E-state index contributed by atoms with van der Waals surface area (Å²) in [6.07, 6.45) is 2.24. The number of nitrogens with one attached hydrogen (secondary N) is 1. The van der Waals surface area contributed by atoms with E-state index in [0.29, 0.717) is 0 Å². The minimum atomic E-state index is 0.256. The van der Waals surface area contributed by atoms with Crippen LogP contribution in [-0.4, -0.2) is 29.3 Å². The lowest BCUT2D eigenvalue weighted by Crippen LogP contribution is -2.20. The number of fused-ring (bicyclic) bond motifs is 1. The van der Waals surface area contributed by atoms with E-state index in [9.17, 15) is 0 Å². The van der Waals surface area contributed by atoms with Gasteiger partial charge in [0.15, 0.2) is 7.98 Å². The summed E-state index contributed by atoms with van der Waals surface area (Å²) in [5.74, 6) is 1.00. The van der Waals surface area contributed by atoms with Crippen LogP contribution in [0.25, 0.3) is 11.0 Å². The van der Waals surface area contributed by atoms with Crippen molar-refractivity contribution in [2.45, 2.75) is 25.8 Å². The van der Waals surface area contributed by atoms with Gasteiger partial charge in [-0.2, -0.15) is 0 Å². The molecule has 1 aromatic carbocycles. The minimum absolute atomic E-state index is 0.256. The fourth-order valence-corrected chi connectivity index (χ4v) is 2.44. The zero-order valence-electron chi connectivity index (χ0n) is 9.40. The summed E-state index contributed by atoms with van der Waals surface area (Å²) < 4.78 is 0. The van der Waals surface area contributed by atoms with Gasteiger partial charge in [-0.25, -0.2) is 4.98 Å². The van der Waals surface area contributed by atoms with Crippen molar-refractivity contribution in [3.63, 3.8) is 0 Å². The number of aromatic amines is 1. The standard InChI is InChI=1S/C12H14BN3/c1-8-4-2-5-9-11(8)15-12(14-9)10-6-3-7-16(10)13/h2,4-5,10H,3,6-7H2,1H3,(H,14,15)/t10-/m0/s1. The first-order valence-electron chi connectivity index (χ1n) is 5.72. The SMILES string of the molecule is [B]N1CCC[C@H]1c1nc2c(C)cccc2[nH]1. The quantitative estimate of drug-likeness (QED) is 0.732. The van der Waals surface area contributed by atoms with Gasteiger partial charge in [0, 0.05) is 0 Å². The van der Waals surface area contributed by atoms with Crippen LogP contribution >= 0.6 is 0 Å². The Morgan fingerprint density at radius 2 is 2.38 bits per heavy atom. The summed E-state index contributed by atoms with van der Waals surface area (Å²) in [6.45, 7) is 3.04. The molecule has 0 spiro atoms. The van der Waals surface area contributed by atoms with Gasteiger partial charge in [0.1, 0.15) is 5.82 Å². The molecule has 16 heavy (non-hydrogen) atoms. The average Bonchev–Trinajstić information content (AvgIpc) is 2.84. The van der Waals surface area contributed by atoms with E-state index >= 15 is 0 Å². The second-order valence-electron chi connectivity index (χ2n) is 4.49. The first-order chi connectivity index (χ1) is 7.75. The van der Waals surface area contributed by atoms with Gasteiger partial charge in [-0.1, -0.05) is 12.1 Å². The number of hydrogen-bond donors (Lipinski definition) is 1. The van der Waals surface area contributed by atoms with Gasteiger partial charge < -0.3 is 9.79 Å². The summed E-state index contributed by atoms with van der Waals surface area (Å²) in [5.41, 5.74) is 3.38. The van der Waals surface area contributed by atoms with Gasteiger partial charge in [-0.3, -0.25) is 0 Å². The van der Waals surface area contributed by atoms with Crippen molar-refractivity contribution in [2.75, 3.05) is 6.54 Å². The third-order valence-electron chi connectivity index (χ3n) is 3.34. The second-order valence-corrected chi connectivity index (χ2v) is 4.49. The summed E-state index contributed by atoms with van der Waals surface area (Å²) in [7, 11) is 5.94. The van der Waals surface area contributed by atoms with Crippen LogP contribution in [0.3, 0.4) is 0 Å². The summed E-state index contributed by atoms with van der Waals surface area (Å²) >= 11 is 0. The van der Waals surface area contributed by atoms with E-state index in [1.165, 1.54) is 5.56 Å². The van der Waals surface area contributed by atoms with Gasteiger partial charge >= 0.3 is 0 Å². The zero-order chi connectivity index (χ0) is 11.1. The van der Waals surface area contributed by atoms with Crippen LogP contribution in [0.1, 0.15) is 30.3 Å². The van der Waals surface area contributed by atoms with E-state index in [4.69, 9.17) is 7.98 Å². The van der Waals surface area contributed by atoms with E-state index < -0.39 is 0 Å². The number of aryl methyl sites for hydroxylation is 1. The molecule has 2 aromatic rings. The number of aromatic nitrogens is 2.